The molecule has 8 heteroatoms. The number of carbonyl (C=O) groups excluding carboxylic acids is 1. The molecule has 1 saturated heterocycles. The zero-order valence-electron chi connectivity index (χ0n) is 13.4. The zero-order valence-corrected chi connectivity index (χ0v) is 15.0. The van der Waals surface area contributed by atoms with Crippen molar-refractivity contribution in [1.82, 2.24) is 9.62 Å². The maximum absolute atomic E-state index is 12.6. The molecule has 0 aliphatic carbocycles. The summed E-state index contributed by atoms with van der Waals surface area (Å²) >= 11 is 5.89. The molecular weight excluding hydrogens is 338 g/mol. The van der Waals surface area contributed by atoms with Crippen LogP contribution >= 0.6 is 11.6 Å². The molecule has 1 aliphatic heterocycles. The summed E-state index contributed by atoms with van der Waals surface area (Å²) in [7, 11) is -3.53. The predicted octanol–water partition coefficient (Wildman–Crippen LogP) is -0.246. The van der Waals surface area contributed by atoms with Crippen molar-refractivity contribution in [3.63, 3.8) is 0 Å². The molecule has 0 unspecified atom stereocenters. The molecule has 1 fully saturated rings. The Morgan fingerprint density at radius 1 is 1.39 bits per heavy atom. The van der Waals surface area contributed by atoms with Crippen LogP contribution in [0.3, 0.4) is 0 Å². The maximum atomic E-state index is 12.6. The van der Waals surface area contributed by atoms with Gasteiger partial charge in [-0.05, 0) is 32.0 Å². The molecule has 1 amide bonds. The highest BCUT2D eigenvalue weighted by Gasteiger charge is 2.34. The molecule has 0 radical (unpaired) electrons. The van der Waals surface area contributed by atoms with Gasteiger partial charge in [-0.25, -0.2) is 8.42 Å². The Balaban J connectivity index is 2.02. The van der Waals surface area contributed by atoms with E-state index < -0.39 is 10.0 Å². The molecule has 1 heterocycles. The molecule has 1 aromatic carbocycles. The van der Waals surface area contributed by atoms with Crippen LogP contribution in [0.4, 0.5) is 0 Å². The van der Waals surface area contributed by atoms with Gasteiger partial charge in [-0.1, -0.05) is 17.7 Å². The normalized spacial score (nSPS) is 18.6. The molecular formula is C15H23ClN3O3S+. The molecule has 1 aromatic rings. The highest BCUT2D eigenvalue weighted by molar-refractivity contribution is 7.89. The van der Waals surface area contributed by atoms with Gasteiger partial charge in [-0.15, -0.1) is 0 Å². The van der Waals surface area contributed by atoms with Crippen LogP contribution in [0.25, 0.3) is 0 Å². The van der Waals surface area contributed by atoms with Crippen LogP contribution in [0.5, 0.6) is 0 Å². The Morgan fingerprint density at radius 2 is 2.04 bits per heavy atom. The highest BCUT2D eigenvalue weighted by Crippen LogP contribution is 2.19. The van der Waals surface area contributed by atoms with Gasteiger partial charge in [0, 0.05) is 11.6 Å². The molecule has 6 nitrogen and oxygen atoms in total. The van der Waals surface area contributed by atoms with Gasteiger partial charge in [-0.3, -0.25) is 4.79 Å². The number of amides is 1. The molecule has 1 aliphatic rings. The minimum atomic E-state index is -3.53. The van der Waals surface area contributed by atoms with Gasteiger partial charge in [-0.2, -0.15) is 4.31 Å². The van der Waals surface area contributed by atoms with Crippen molar-refractivity contribution in [1.29, 1.82) is 0 Å². The monoisotopic (exact) mass is 360 g/mol. The fourth-order valence-corrected chi connectivity index (χ4v) is 4.48. The largest absolute Gasteiger partial charge is 0.351 e. The van der Waals surface area contributed by atoms with Crippen LogP contribution < -0.4 is 10.2 Å². The summed E-state index contributed by atoms with van der Waals surface area (Å²) in [5.74, 6) is 0.00801. The van der Waals surface area contributed by atoms with Crippen LogP contribution in [0.2, 0.25) is 5.02 Å². The SMILES string of the molecule is CCNC(=O)[C@@H](C)[NH+]1CCN(S(=O)(=O)c2cccc(Cl)c2)CC1. The highest BCUT2D eigenvalue weighted by atomic mass is 35.5. The molecule has 0 saturated carbocycles. The van der Waals surface area contributed by atoms with Crippen molar-refractivity contribution < 1.29 is 18.1 Å². The van der Waals surface area contributed by atoms with Crippen LogP contribution in [0, 0.1) is 0 Å². The van der Waals surface area contributed by atoms with E-state index in [9.17, 15) is 13.2 Å². The zero-order chi connectivity index (χ0) is 17.0. The van der Waals surface area contributed by atoms with Gasteiger partial charge in [0.2, 0.25) is 10.0 Å². The van der Waals surface area contributed by atoms with Crippen LogP contribution in [-0.2, 0) is 14.8 Å². The minimum absolute atomic E-state index is 0.00801. The lowest BCUT2D eigenvalue weighted by Crippen LogP contribution is -3.19. The first-order valence-electron chi connectivity index (χ1n) is 7.74. The number of rotatable bonds is 5. The van der Waals surface area contributed by atoms with Crippen molar-refractivity contribution in [3.8, 4) is 0 Å². The number of benzene rings is 1. The lowest BCUT2D eigenvalue weighted by molar-refractivity contribution is -0.917. The summed E-state index contributed by atoms with van der Waals surface area (Å²) in [5.41, 5.74) is 0. The van der Waals surface area contributed by atoms with Gasteiger partial charge in [0.15, 0.2) is 6.04 Å². The Hall–Kier alpha value is -1.15. The summed E-state index contributed by atoms with van der Waals surface area (Å²) in [5, 5.41) is 3.21. The number of quaternary nitrogens is 1. The molecule has 128 valence electrons. The number of likely N-dealkylation sites (N-methyl/N-ethyl adjacent to an activating group) is 1. The van der Waals surface area contributed by atoms with E-state index >= 15 is 0 Å². The van der Waals surface area contributed by atoms with E-state index in [2.05, 4.69) is 5.32 Å². The van der Waals surface area contributed by atoms with Crippen LogP contribution in [0.1, 0.15) is 13.8 Å². The molecule has 0 aromatic heterocycles. The van der Waals surface area contributed by atoms with Crippen molar-refractivity contribution in [3.05, 3.63) is 29.3 Å². The van der Waals surface area contributed by atoms with E-state index in [0.717, 1.165) is 4.90 Å². The van der Waals surface area contributed by atoms with Crippen LogP contribution in [0.15, 0.2) is 29.2 Å². The summed E-state index contributed by atoms with van der Waals surface area (Å²) in [6.07, 6.45) is 0. The number of hydrogen-bond donors (Lipinski definition) is 2. The second-order valence-electron chi connectivity index (χ2n) is 5.64. The fraction of sp³-hybridized carbons (Fsp3) is 0.533. The van der Waals surface area contributed by atoms with Gasteiger partial charge in [0.1, 0.15) is 0 Å². The standard InChI is InChI=1S/C15H22ClN3O3S/c1-3-17-15(20)12(2)18-7-9-19(10-8-18)23(21,22)14-6-4-5-13(16)11-14/h4-6,11-12H,3,7-10H2,1-2H3,(H,17,20)/p+1/t12-/m1/s1. The van der Waals surface area contributed by atoms with Crippen molar-refractivity contribution in [2.24, 2.45) is 0 Å². The molecule has 1 atom stereocenters. The van der Waals surface area contributed by atoms with E-state index in [1.54, 1.807) is 18.2 Å². The summed E-state index contributed by atoms with van der Waals surface area (Å²) in [6, 6.07) is 6.13. The number of sulfonamides is 1. The fourth-order valence-electron chi connectivity index (χ4n) is 2.74. The Bertz CT molecular complexity index is 658. The number of nitrogens with one attached hydrogen (secondary N) is 2. The molecule has 2 rings (SSSR count). The number of hydrogen-bond acceptors (Lipinski definition) is 3. The quantitative estimate of drug-likeness (QED) is 0.761. The lowest BCUT2D eigenvalue weighted by Gasteiger charge is -2.34. The first kappa shape index (κ1) is 18.2. The third-order valence-corrected chi connectivity index (χ3v) is 6.28. The summed E-state index contributed by atoms with van der Waals surface area (Å²) < 4.78 is 26.7. The average Bonchev–Trinajstić information content (AvgIpc) is 2.54. The second kappa shape index (κ2) is 7.61. The number of nitrogens with zero attached hydrogens (tertiary/aromatic N) is 1. The van der Waals surface area contributed by atoms with E-state index in [0.29, 0.717) is 37.7 Å². The molecule has 0 spiro atoms. The topological polar surface area (TPSA) is 70.9 Å². The first-order chi connectivity index (χ1) is 10.9. The average molecular weight is 361 g/mol. The van der Waals surface area contributed by atoms with Gasteiger partial charge in [0.25, 0.3) is 5.91 Å². The molecule has 0 bridgehead atoms. The van der Waals surface area contributed by atoms with Gasteiger partial charge in [0.05, 0.1) is 31.1 Å². The number of carbonyl (C=O) groups is 1. The molecule has 2 N–H and O–H groups in total. The lowest BCUT2D eigenvalue weighted by atomic mass is 10.2. The summed E-state index contributed by atoms with van der Waals surface area (Å²) in [4.78, 5) is 13.2. The van der Waals surface area contributed by atoms with Gasteiger partial charge >= 0.3 is 0 Å². The second-order valence-corrected chi connectivity index (χ2v) is 8.01. The third-order valence-electron chi connectivity index (χ3n) is 4.16. The molecule has 23 heavy (non-hydrogen) atoms. The smallest absolute Gasteiger partial charge is 0.278 e. The number of halogens is 1. The summed E-state index contributed by atoms with van der Waals surface area (Å²) in [6.45, 7) is 6.38. The third kappa shape index (κ3) is 4.23. The minimum Gasteiger partial charge on any atom is -0.351 e. The van der Waals surface area contributed by atoms with E-state index in [-0.39, 0.29) is 16.8 Å². The van der Waals surface area contributed by atoms with Crippen molar-refractivity contribution in [2.45, 2.75) is 24.8 Å². The maximum Gasteiger partial charge on any atom is 0.278 e. The Kier molecular flexibility index (Phi) is 6.02. The van der Waals surface area contributed by atoms with E-state index in [1.807, 2.05) is 13.8 Å². The van der Waals surface area contributed by atoms with Crippen molar-refractivity contribution >= 4 is 27.5 Å². The number of piperazine rings is 1. The van der Waals surface area contributed by atoms with Crippen molar-refractivity contribution in [2.75, 3.05) is 32.7 Å². The predicted molar refractivity (Wildman–Crippen MR) is 89.1 cm³/mol. The first-order valence-corrected chi connectivity index (χ1v) is 9.56. The van der Waals surface area contributed by atoms with E-state index in [1.165, 1.54) is 10.4 Å². The van der Waals surface area contributed by atoms with Gasteiger partial charge < -0.3 is 10.2 Å². The van der Waals surface area contributed by atoms with E-state index in [4.69, 9.17) is 11.6 Å². The van der Waals surface area contributed by atoms with Crippen LogP contribution in [-0.4, -0.2) is 57.4 Å². The Morgan fingerprint density at radius 3 is 2.61 bits per heavy atom. The Labute approximate surface area is 142 Å².